The first kappa shape index (κ1) is 9.47. The second-order valence-corrected chi connectivity index (χ2v) is 4.79. The van der Waals surface area contributed by atoms with E-state index in [4.69, 9.17) is 4.74 Å². The number of nitrogens with zero attached hydrogens (tertiary/aromatic N) is 1. The fourth-order valence-corrected chi connectivity index (χ4v) is 2.19. The van der Waals surface area contributed by atoms with E-state index in [0.29, 0.717) is 18.2 Å². The molecule has 0 bridgehead atoms. The van der Waals surface area contributed by atoms with Crippen LogP contribution in [0.1, 0.15) is 33.6 Å². The maximum absolute atomic E-state index is 5.79. The first-order valence-corrected chi connectivity index (χ1v) is 5.56. The van der Waals surface area contributed by atoms with Gasteiger partial charge in [0, 0.05) is 19.1 Å². The number of ether oxygens (including phenoxy) is 1. The molecule has 2 heteroatoms. The molecule has 13 heavy (non-hydrogen) atoms. The van der Waals surface area contributed by atoms with Crippen LogP contribution in [0.2, 0.25) is 0 Å². The highest BCUT2D eigenvalue weighted by molar-refractivity contribution is 4.85. The third-order valence-electron chi connectivity index (χ3n) is 3.38. The fraction of sp³-hybridized carbons (Fsp3) is 1.00. The summed E-state index contributed by atoms with van der Waals surface area (Å²) in [4.78, 5) is 2.61. The van der Waals surface area contributed by atoms with Crippen molar-refractivity contribution >= 4 is 0 Å². The summed E-state index contributed by atoms with van der Waals surface area (Å²) in [5, 5.41) is 0. The van der Waals surface area contributed by atoms with Gasteiger partial charge in [-0.2, -0.15) is 0 Å². The van der Waals surface area contributed by atoms with Gasteiger partial charge in [0.1, 0.15) is 0 Å². The van der Waals surface area contributed by atoms with Gasteiger partial charge in [-0.1, -0.05) is 0 Å². The zero-order valence-electron chi connectivity index (χ0n) is 8.99. The van der Waals surface area contributed by atoms with Crippen molar-refractivity contribution in [3.8, 4) is 0 Å². The molecule has 2 rings (SSSR count). The van der Waals surface area contributed by atoms with Crippen LogP contribution in [0.25, 0.3) is 0 Å². The molecule has 1 heterocycles. The Morgan fingerprint density at radius 1 is 1.23 bits per heavy atom. The third-order valence-corrected chi connectivity index (χ3v) is 3.38. The van der Waals surface area contributed by atoms with E-state index in [1.807, 2.05) is 0 Å². The summed E-state index contributed by atoms with van der Waals surface area (Å²) in [6.07, 6.45) is 3.73. The van der Waals surface area contributed by atoms with Crippen LogP contribution in [0, 0.1) is 5.92 Å². The van der Waals surface area contributed by atoms with Gasteiger partial charge in [0.2, 0.25) is 0 Å². The molecule has 76 valence electrons. The van der Waals surface area contributed by atoms with E-state index in [9.17, 15) is 0 Å². The largest absolute Gasteiger partial charge is 0.373 e. The van der Waals surface area contributed by atoms with Gasteiger partial charge in [0.15, 0.2) is 0 Å². The second-order valence-electron chi connectivity index (χ2n) is 4.79. The van der Waals surface area contributed by atoms with Crippen molar-refractivity contribution in [2.75, 3.05) is 13.1 Å². The first-order chi connectivity index (χ1) is 6.16. The summed E-state index contributed by atoms with van der Waals surface area (Å²) in [6.45, 7) is 9.10. The minimum atomic E-state index is 0.405. The van der Waals surface area contributed by atoms with Crippen molar-refractivity contribution < 1.29 is 4.74 Å². The minimum absolute atomic E-state index is 0.405. The molecule has 1 aliphatic heterocycles. The Kier molecular flexibility index (Phi) is 2.61. The number of morpholine rings is 1. The van der Waals surface area contributed by atoms with Crippen LogP contribution in [-0.4, -0.2) is 36.2 Å². The number of hydrogen-bond donors (Lipinski definition) is 0. The SMILES string of the molecule is CC1CN(CC2CC2)C(C)C(C)O1. The van der Waals surface area contributed by atoms with Crippen molar-refractivity contribution in [1.82, 2.24) is 4.90 Å². The quantitative estimate of drug-likeness (QED) is 0.648. The zero-order valence-corrected chi connectivity index (χ0v) is 8.99. The molecular formula is C11H21NO. The predicted molar refractivity (Wildman–Crippen MR) is 53.8 cm³/mol. The normalized spacial score (nSPS) is 42.2. The van der Waals surface area contributed by atoms with E-state index in [1.54, 1.807) is 0 Å². The van der Waals surface area contributed by atoms with E-state index in [0.717, 1.165) is 12.5 Å². The van der Waals surface area contributed by atoms with Gasteiger partial charge in [-0.25, -0.2) is 0 Å². The molecular weight excluding hydrogens is 162 g/mol. The van der Waals surface area contributed by atoms with Crippen LogP contribution >= 0.6 is 0 Å². The minimum Gasteiger partial charge on any atom is -0.373 e. The molecule has 0 amide bonds. The summed E-state index contributed by atoms with van der Waals surface area (Å²) >= 11 is 0. The topological polar surface area (TPSA) is 12.5 Å². The lowest BCUT2D eigenvalue weighted by Crippen LogP contribution is -2.52. The number of rotatable bonds is 2. The maximum Gasteiger partial charge on any atom is 0.0703 e. The van der Waals surface area contributed by atoms with Crippen LogP contribution in [-0.2, 0) is 4.74 Å². The van der Waals surface area contributed by atoms with Gasteiger partial charge >= 0.3 is 0 Å². The summed E-state index contributed by atoms with van der Waals surface area (Å²) in [5.74, 6) is 1.000. The van der Waals surface area contributed by atoms with Crippen LogP contribution in [0.5, 0.6) is 0 Å². The van der Waals surface area contributed by atoms with Crippen molar-refractivity contribution in [2.24, 2.45) is 5.92 Å². The molecule has 2 fully saturated rings. The summed E-state index contributed by atoms with van der Waals surface area (Å²) in [5.41, 5.74) is 0. The average molecular weight is 183 g/mol. The Morgan fingerprint density at radius 3 is 2.54 bits per heavy atom. The van der Waals surface area contributed by atoms with Crippen molar-refractivity contribution in [3.63, 3.8) is 0 Å². The average Bonchev–Trinajstić information content (AvgIpc) is 2.83. The molecule has 3 unspecified atom stereocenters. The van der Waals surface area contributed by atoms with E-state index < -0.39 is 0 Å². The van der Waals surface area contributed by atoms with Gasteiger partial charge in [-0.3, -0.25) is 4.90 Å². The molecule has 0 radical (unpaired) electrons. The molecule has 0 aromatic rings. The predicted octanol–water partition coefficient (Wildman–Crippen LogP) is 1.89. The van der Waals surface area contributed by atoms with E-state index in [-0.39, 0.29) is 0 Å². The fourth-order valence-electron chi connectivity index (χ4n) is 2.19. The highest BCUT2D eigenvalue weighted by atomic mass is 16.5. The van der Waals surface area contributed by atoms with E-state index >= 15 is 0 Å². The van der Waals surface area contributed by atoms with Gasteiger partial charge in [-0.15, -0.1) is 0 Å². The van der Waals surface area contributed by atoms with Crippen LogP contribution in [0.3, 0.4) is 0 Å². The van der Waals surface area contributed by atoms with E-state index in [2.05, 4.69) is 25.7 Å². The molecule has 0 N–H and O–H groups in total. The highest BCUT2D eigenvalue weighted by Crippen LogP contribution is 2.31. The Bertz CT molecular complexity index is 177. The molecule has 1 saturated heterocycles. The highest BCUT2D eigenvalue weighted by Gasteiger charge is 2.33. The molecule has 2 aliphatic rings. The first-order valence-electron chi connectivity index (χ1n) is 5.56. The molecule has 2 nitrogen and oxygen atoms in total. The van der Waals surface area contributed by atoms with Crippen LogP contribution in [0.15, 0.2) is 0 Å². The molecule has 1 saturated carbocycles. The Labute approximate surface area is 81.3 Å². The molecule has 0 aromatic heterocycles. The molecule has 0 aromatic carbocycles. The molecule has 0 spiro atoms. The maximum atomic E-state index is 5.79. The van der Waals surface area contributed by atoms with Gasteiger partial charge in [-0.05, 0) is 39.5 Å². The van der Waals surface area contributed by atoms with Crippen LogP contribution in [0.4, 0.5) is 0 Å². The monoisotopic (exact) mass is 183 g/mol. The number of hydrogen-bond acceptors (Lipinski definition) is 2. The second kappa shape index (κ2) is 3.58. The smallest absolute Gasteiger partial charge is 0.0703 e. The van der Waals surface area contributed by atoms with Crippen molar-refractivity contribution in [3.05, 3.63) is 0 Å². The van der Waals surface area contributed by atoms with Crippen molar-refractivity contribution in [2.45, 2.75) is 51.9 Å². The lowest BCUT2D eigenvalue weighted by atomic mass is 10.1. The molecule has 3 atom stereocenters. The van der Waals surface area contributed by atoms with Crippen molar-refractivity contribution in [1.29, 1.82) is 0 Å². The van der Waals surface area contributed by atoms with Gasteiger partial charge in [0.05, 0.1) is 12.2 Å². The summed E-state index contributed by atoms with van der Waals surface area (Å²) in [7, 11) is 0. The Hall–Kier alpha value is -0.0800. The van der Waals surface area contributed by atoms with Gasteiger partial charge in [0.25, 0.3) is 0 Å². The zero-order chi connectivity index (χ0) is 9.42. The Balaban J connectivity index is 1.90. The Morgan fingerprint density at radius 2 is 1.92 bits per heavy atom. The third kappa shape index (κ3) is 2.23. The lowest BCUT2D eigenvalue weighted by molar-refractivity contribution is -0.1000. The molecule has 1 aliphatic carbocycles. The summed E-state index contributed by atoms with van der Waals surface area (Å²) in [6, 6.07) is 0.608. The lowest BCUT2D eigenvalue weighted by Gasteiger charge is -2.41. The summed E-state index contributed by atoms with van der Waals surface area (Å²) < 4.78 is 5.79. The van der Waals surface area contributed by atoms with Crippen LogP contribution < -0.4 is 0 Å². The standard InChI is InChI=1S/C11H21NO/c1-8-6-12(7-11-4-5-11)9(2)10(3)13-8/h8-11H,4-7H2,1-3H3. The van der Waals surface area contributed by atoms with E-state index in [1.165, 1.54) is 19.4 Å². The van der Waals surface area contributed by atoms with Gasteiger partial charge < -0.3 is 4.74 Å².